The van der Waals surface area contributed by atoms with Gasteiger partial charge in [0.05, 0.1) is 11.6 Å². The van der Waals surface area contributed by atoms with Crippen LogP contribution in [-0.4, -0.2) is 35.8 Å². The molecule has 2 N–H and O–H groups in total. The molecule has 2 aromatic carbocycles. The Morgan fingerprint density at radius 2 is 1.72 bits per heavy atom. The molecule has 0 spiro atoms. The minimum atomic E-state index is -0.728. The van der Waals surface area contributed by atoms with Crippen LogP contribution >= 0.6 is 23.2 Å². The Morgan fingerprint density at radius 1 is 1.00 bits per heavy atom. The van der Waals surface area contributed by atoms with Crippen molar-refractivity contribution in [2.75, 3.05) is 7.05 Å². The fourth-order valence-electron chi connectivity index (χ4n) is 4.49. The summed E-state index contributed by atoms with van der Waals surface area (Å²) >= 11 is 12.6. The van der Waals surface area contributed by atoms with E-state index in [-0.39, 0.29) is 5.78 Å². The monoisotopic (exact) mass is 427 g/mol. The highest BCUT2D eigenvalue weighted by Crippen LogP contribution is 2.49. The van der Waals surface area contributed by atoms with Gasteiger partial charge in [0.15, 0.2) is 5.78 Å². The molecule has 3 atom stereocenters. The van der Waals surface area contributed by atoms with Gasteiger partial charge in [0, 0.05) is 39.7 Å². The van der Waals surface area contributed by atoms with Gasteiger partial charge in [-0.2, -0.15) is 0 Å². The number of allylic oxidation sites excluding steroid dienone is 1. The van der Waals surface area contributed by atoms with Crippen molar-refractivity contribution in [1.29, 1.82) is 0 Å². The Morgan fingerprint density at radius 3 is 2.45 bits per heavy atom. The van der Waals surface area contributed by atoms with E-state index >= 15 is 0 Å². The number of fused-ring (bicyclic) bond motifs is 3. The van der Waals surface area contributed by atoms with Crippen LogP contribution in [0.2, 0.25) is 10.0 Å². The lowest BCUT2D eigenvalue weighted by Crippen LogP contribution is -2.66. The molecule has 0 bridgehead atoms. The number of halogens is 2. The molecule has 1 saturated heterocycles. The molecule has 8 heteroatoms. The van der Waals surface area contributed by atoms with Crippen molar-refractivity contribution in [3.63, 3.8) is 0 Å². The van der Waals surface area contributed by atoms with Crippen molar-refractivity contribution in [3.8, 4) is 0 Å². The standard InChI is InChI=1S/C21H15Cl2N3O3/c1-26-19-16(20(28)25-21(26)29)14(12-7-6-9(22)8-13(12)23)15-17(24-19)10-4-2-3-5-11(10)18(15)27/h2-8,14,16,19,24H,1H3,(H,25,28,29). The first-order valence-electron chi connectivity index (χ1n) is 9.06. The zero-order valence-electron chi connectivity index (χ0n) is 15.2. The van der Waals surface area contributed by atoms with Crippen LogP contribution in [0.1, 0.15) is 27.4 Å². The molecular weight excluding hydrogens is 413 g/mol. The first-order valence-corrected chi connectivity index (χ1v) is 9.81. The van der Waals surface area contributed by atoms with Crippen LogP contribution in [0.25, 0.3) is 5.70 Å². The molecule has 0 radical (unpaired) electrons. The van der Waals surface area contributed by atoms with E-state index in [0.29, 0.717) is 32.4 Å². The molecule has 3 aliphatic rings. The molecule has 3 unspecified atom stereocenters. The smallest absolute Gasteiger partial charge is 0.325 e. The van der Waals surface area contributed by atoms with Gasteiger partial charge in [-0.15, -0.1) is 0 Å². The Labute approximate surface area is 176 Å². The van der Waals surface area contributed by atoms with E-state index in [4.69, 9.17) is 23.2 Å². The van der Waals surface area contributed by atoms with Crippen LogP contribution in [0.4, 0.5) is 4.79 Å². The fraction of sp³-hybridized carbons (Fsp3) is 0.190. The molecule has 3 amide bonds. The summed E-state index contributed by atoms with van der Waals surface area (Å²) in [5.41, 5.74) is 3.06. The van der Waals surface area contributed by atoms with Crippen LogP contribution in [0.5, 0.6) is 0 Å². The van der Waals surface area contributed by atoms with Gasteiger partial charge in [0.25, 0.3) is 0 Å². The molecule has 0 aromatic heterocycles. The van der Waals surface area contributed by atoms with Crippen molar-refractivity contribution < 1.29 is 14.4 Å². The summed E-state index contributed by atoms with van der Waals surface area (Å²) in [5.74, 6) is -1.95. The Balaban J connectivity index is 1.77. The Hall–Kier alpha value is -2.83. The van der Waals surface area contributed by atoms with Crippen LogP contribution in [0.3, 0.4) is 0 Å². The number of benzene rings is 2. The van der Waals surface area contributed by atoms with Gasteiger partial charge in [-0.05, 0) is 17.7 Å². The maximum atomic E-state index is 13.3. The predicted molar refractivity (Wildman–Crippen MR) is 109 cm³/mol. The lowest BCUT2D eigenvalue weighted by molar-refractivity contribution is -0.129. The normalized spacial score (nSPS) is 25.3. The number of carbonyl (C=O) groups is 3. The second-order valence-corrected chi connectivity index (χ2v) is 8.17. The molecular formula is C21H15Cl2N3O3. The van der Waals surface area contributed by atoms with Crippen molar-refractivity contribution in [3.05, 3.63) is 74.8 Å². The fourth-order valence-corrected chi connectivity index (χ4v) is 5.02. The maximum Gasteiger partial charge on any atom is 0.325 e. The molecule has 29 heavy (non-hydrogen) atoms. The number of amides is 3. The first-order chi connectivity index (χ1) is 13.9. The summed E-state index contributed by atoms with van der Waals surface area (Å²) in [5, 5.41) is 6.48. The third-order valence-corrected chi connectivity index (χ3v) is 6.39. The third-order valence-electron chi connectivity index (χ3n) is 5.83. The topological polar surface area (TPSA) is 78.5 Å². The SMILES string of the molecule is CN1C(=O)NC(=O)C2C(c3ccc(Cl)cc3Cl)C3=C(NC21)c1ccccc1C3=O. The number of hydrogen-bond donors (Lipinski definition) is 2. The maximum absolute atomic E-state index is 13.3. The van der Waals surface area contributed by atoms with E-state index in [1.54, 1.807) is 37.4 Å². The summed E-state index contributed by atoms with van der Waals surface area (Å²) in [6, 6.07) is 11.8. The van der Waals surface area contributed by atoms with E-state index in [2.05, 4.69) is 10.6 Å². The zero-order chi connectivity index (χ0) is 20.4. The van der Waals surface area contributed by atoms with E-state index in [0.717, 1.165) is 5.56 Å². The summed E-state index contributed by atoms with van der Waals surface area (Å²) in [4.78, 5) is 39.9. The number of imide groups is 1. The van der Waals surface area contributed by atoms with E-state index in [1.807, 2.05) is 12.1 Å². The minimum absolute atomic E-state index is 0.148. The molecule has 6 nitrogen and oxygen atoms in total. The summed E-state index contributed by atoms with van der Waals surface area (Å²) in [6.07, 6.45) is -0.620. The van der Waals surface area contributed by atoms with Crippen molar-refractivity contribution >= 4 is 46.6 Å². The van der Waals surface area contributed by atoms with E-state index in [1.165, 1.54) is 4.90 Å². The number of urea groups is 1. The summed E-state index contributed by atoms with van der Waals surface area (Å²) in [7, 11) is 1.61. The number of carbonyl (C=O) groups excluding carboxylic acids is 3. The van der Waals surface area contributed by atoms with Crippen molar-refractivity contribution in [2.45, 2.75) is 12.1 Å². The Bertz CT molecular complexity index is 1140. The number of Topliss-reactive ketones (excluding diaryl/α,β-unsaturated/α-hetero) is 1. The van der Waals surface area contributed by atoms with Gasteiger partial charge < -0.3 is 10.2 Å². The van der Waals surface area contributed by atoms with Crippen LogP contribution in [0, 0.1) is 5.92 Å². The average Bonchev–Trinajstić information content (AvgIpc) is 2.98. The van der Waals surface area contributed by atoms with Crippen molar-refractivity contribution in [1.82, 2.24) is 15.5 Å². The molecule has 2 aromatic rings. The minimum Gasteiger partial charge on any atom is -0.364 e. The quantitative estimate of drug-likeness (QED) is 0.730. The van der Waals surface area contributed by atoms with Gasteiger partial charge in [-0.25, -0.2) is 4.79 Å². The molecule has 5 rings (SSSR count). The lowest BCUT2D eigenvalue weighted by atomic mass is 9.73. The van der Waals surface area contributed by atoms with Crippen molar-refractivity contribution in [2.24, 2.45) is 5.92 Å². The summed E-state index contributed by atoms with van der Waals surface area (Å²) < 4.78 is 0. The lowest BCUT2D eigenvalue weighted by Gasteiger charge is -2.46. The predicted octanol–water partition coefficient (Wildman–Crippen LogP) is 3.41. The summed E-state index contributed by atoms with van der Waals surface area (Å²) in [6.45, 7) is 0. The van der Waals surface area contributed by atoms with E-state index in [9.17, 15) is 14.4 Å². The number of rotatable bonds is 1. The molecule has 0 saturated carbocycles. The molecule has 1 fully saturated rings. The van der Waals surface area contributed by atoms with Gasteiger partial charge in [0.2, 0.25) is 5.91 Å². The highest BCUT2D eigenvalue weighted by molar-refractivity contribution is 6.35. The molecule has 1 aliphatic carbocycles. The number of hydrogen-bond acceptors (Lipinski definition) is 4. The van der Waals surface area contributed by atoms with Crippen LogP contribution in [-0.2, 0) is 4.79 Å². The van der Waals surface area contributed by atoms with Crippen LogP contribution < -0.4 is 10.6 Å². The number of nitrogens with one attached hydrogen (secondary N) is 2. The molecule has 146 valence electrons. The largest absolute Gasteiger partial charge is 0.364 e. The van der Waals surface area contributed by atoms with Gasteiger partial charge in [0.1, 0.15) is 6.17 Å². The average molecular weight is 428 g/mol. The highest BCUT2D eigenvalue weighted by atomic mass is 35.5. The van der Waals surface area contributed by atoms with Crippen LogP contribution in [0.15, 0.2) is 48.0 Å². The second-order valence-electron chi connectivity index (χ2n) is 7.33. The molecule has 2 aliphatic heterocycles. The molecule has 2 heterocycles. The number of ketones is 1. The van der Waals surface area contributed by atoms with E-state index < -0.39 is 29.9 Å². The number of nitrogens with zero attached hydrogens (tertiary/aromatic N) is 1. The Kier molecular flexibility index (Phi) is 3.98. The zero-order valence-corrected chi connectivity index (χ0v) is 16.7. The van der Waals surface area contributed by atoms with Gasteiger partial charge >= 0.3 is 6.03 Å². The highest BCUT2D eigenvalue weighted by Gasteiger charge is 2.53. The second kappa shape index (κ2) is 6.34. The van der Waals surface area contributed by atoms with Gasteiger partial charge in [-0.1, -0.05) is 53.5 Å². The first kappa shape index (κ1) is 18.2. The third kappa shape index (κ3) is 2.52. The van der Waals surface area contributed by atoms with Gasteiger partial charge in [-0.3, -0.25) is 14.9 Å².